The van der Waals surface area contributed by atoms with E-state index >= 15 is 0 Å². The molecule has 22 heavy (non-hydrogen) atoms. The lowest BCUT2D eigenvalue weighted by atomic mass is 9.96. The van der Waals surface area contributed by atoms with Crippen molar-refractivity contribution in [2.45, 2.75) is 27.3 Å². The molecule has 0 fully saturated rings. The molecule has 1 amide bonds. The molecule has 0 aliphatic carbocycles. The standard InChI is InChI=1S/C18H24N2O2/c1-18(2,3)17(21)20-12-11-19-13-15-9-10-16(22-15)14-7-5-4-6-8-14/h4-10,19H,11-13H2,1-3H3,(H,20,21). The zero-order valence-electron chi connectivity index (χ0n) is 13.5. The number of amides is 1. The van der Waals surface area contributed by atoms with Gasteiger partial charge >= 0.3 is 0 Å². The van der Waals surface area contributed by atoms with Gasteiger partial charge in [0.05, 0.1) is 6.54 Å². The number of furan rings is 1. The predicted molar refractivity (Wildman–Crippen MR) is 88.3 cm³/mol. The maximum Gasteiger partial charge on any atom is 0.225 e. The first-order chi connectivity index (χ1) is 10.5. The van der Waals surface area contributed by atoms with Crippen molar-refractivity contribution in [2.24, 2.45) is 5.41 Å². The van der Waals surface area contributed by atoms with Crippen molar-refractivity contribution >= 4 is 5.91 Å². The molecule has 0 bridgehead atoms. The second-order valence-electron chi connectivity index (χ2n) is 6.31. The number of carbonyl (C=O) groups is 1. The molecule has 0 atom stereocenters. The van der Waals surface area contributed by atoms with E-state index in [9.17, 15) is 4.79 Å². The van der Waals surface area contributed by atoms with Crippen molar-refractivity contribution in [1.82, 2.24) is 10.6 Å². The van der Waals surface area contributed by atoms with Crippen molar-refractivity contribution in [3.8, 4) is 11.3 Å². The highest BCUT2D eigenvalue weighted by molar-refractivity contribution is 5.81. The van der Waals surface area contributed by atoms with E-state index in [4.69, 9.17) is 4.42 Å². The summed E-state index contributed by atoms with van der Waals surface area (Å²) in [5.74, 6) is 1.83. The van der Waals surface area contributed by atoms with Crippen molar-refractivity contribution in [3.63, 3.8) is 0 Å². The second kappa shape index (κ2) is 7.27. The molecule has 1 aromatic heterocycles. The second-order valence-corrected chi connectivity index (χ2v) is 6.31. The summed E-state index contributed by atoms with van der Waals surface area (Å²) in [5.41, 5.74) is 0.734. The van der Waals surface area contributed by atoms with Crippen LogP contribution in [0.15, 0.2) is 46.9 Å². The van der Waals surface area contributed by atoms with E-state index in [1.165, 1.54) is 0 Å². The first kappa shape index (κ1) is 16.3. The zero-order chi connectivity index (χ0) is 16.0. The Morgan fingerprint density at radius 3 is 2.45 bits per heavy atom. The molecule has 2 rings (SSSR count). The first-order valence-electron chi connectivity index (χ1n) is 7.60. The maximum atomic E-state index is 11.7. The maximum absolute atomic E-state index is 11.7. The van der Waals surface area contributed by atoms with Crippen LogP contribution >= 0.6 is 0 Å². The van der Waals surface area contributed by atoms with E-state index in [1.54, 1.807) is 0 Å². The summed E-state index contributed by atoms with van der Waals surface area (Å²) in [7, 11) is 0. The van der Waals surface area contributed by atoms with Crippen molar-refractivity contribution < 1.29 is 9.21 Å². The van der Waals surface area contributed by atoms with Crippen LogP contribution in [0.1, 0.15) is 26.5 Å². The number of rotatable bonds is 6. The lowest BCUT2D eigenvalue weighted by Gasteiger charge is -2.17. The summed E-state index contributed by atoms with van der Waals surface area (Å²) < 4.78 is 5.80. The molecule has 0 aliphatic heterocycles. The molecule has 2 N–H and O–H groups in total. The number of benzene rings is 1. The van der Waals surface area contributed by atoms with Crippen LogP contribution in [0, 0.1) is 5.41 Å². The molecule has 1 aromatic carbocycles. The van der Waals surface area contributed by atoms with Gasteiger partial charge in [-0.25, -0.2) is 0 Å². The Morgan fingerprint density at radius 1 is 1.05 bits per heavy atom. The summed E-state index contributed by atoms with van der Waals surface area (Å²) >= 11 is 0. The van der Waals surface area contributed by atoms with E-state index in [1.807, 2.05) is 63.2 Å². The molecule has 2 aromatic rings. The van der Waals surface area contributed by atoms with Crippen molar-refractivity contribution in [2.75, 3.05) is 13.1 Å². The molecule has 0 aliphatic rings. The third-order valence-corrected chi connectivity index (χ3v) is 3.29. The highest BCUT2D eigenvalue weighted by Gasteiger charge is 2.20. The summed E-state index contributed by atoms with van der Waals surface area (Å²) in [5, 5.41) is 6.17. The minimum atomic E-state index is -0.342. The number of hydrogen-bond donors (Lipinski definition) is 2. The zero-order valence-corrected chi connectivity index (χ0v) is 13.5. The van der Waals surface area contributed by atoms with E-state index in [2.05, 4.69) is 10.6 Å². The normalized spacial score (nSPS) is 11.4. The number of carbonyl (C=O) groups excluding carboxylic acids is 1. The van der Waals surface area contributed by atoms with E-state index < -0.39 is 0 Å². The van der Waals surface area contributed by atoms with Crippen LogP contribution in [0.5, 0.6) is 0 Å². The van der Waals surface area contributed by atoms with Gasteiger partial charge in [-0.3, -0.25) is 4.79 Å². The fraction of sp³-hybridized carbons (Fsp3) is 0.389. The Labute approximate surface area is 131 Å². The van der Waals surface area contributed by atoms with Crippen molar-refractivity contribution in [1.29, 1.82) is 0 Å². The van der Waals surface area contributed by atoms with E-state index in [0.717, 1.165) is 17.1 Å². The molecule has 4 heteroatoms. The van der Waals surface area contributed by atoms with Gasteiger partial charge in [-0.05, 0) is 12.1 Å². The molecule has 0 unspecified atom stereocenters. The Hall–Kier alpha value is -2.07. The molecule has 118 valence electrons. The fourth-order valence-electron chi connectivity index (χ4n) is 1.97. The van der Waals surface area contributed by atoms with Gasteiger partial charge in [0, 0.05) is 24.1 Å². The Balaban J connectivity index is 1.72. The third kappa shape index (κ3) is 4.74. The van der Waals surface area contributed by atoms with Gasteiger partial charge in [-0.2, -0.15) is 0 Å². The average Bonchev–Trinajstić information content (AvgIpc) is 2.95. The van der Waals surface area contributed by atoms with E-state index in [0.29, 0.717) is 19.6 Å². The topological polar surface area (TPSA) is 54.3 Å². The average molecular weight is 300 g/mol. The van der Waals surface area contributed by atoms with E-state index in [-0.39, 0.29) is 11.3 Å². The molecule has 0 saturated heterocycles. The predicted octanol–water partition coefficient (Wildman–Crippen LogP) is 3.20. The molecule has 0 radical (unpaired) electrons. The summed E-state index contributed by atoms with van der Waals surface area (Å²) in [6.45, 7) is 7.70. The van der Waals surface area contributed by atoms with Crippen LogP contribution < -0.4 is 10.6 Å². The molecule has 0 saturated carbocycles. The van der Waals surface area contributed by atoms with Crippen molar-refractivity contribution in [3.05, 3.63) is 48.2 Å². The molecular formula is C18H24N2O2. The van der Waals surface area contributed by atoms with Gasteiger partial charge < -0.3 is 15.1 Å². The quantitative estimate of drug-likeness (QED) is 0.806. The Bertz CT molecular complexity index is 597. The Kier molecular flexibility index (Phi) is 5.39. The molecule has 4 nitrogen and oxygen atoms in total. The van der Waals surface area contributed by atoms with Gasteiger partial charge in [0.1, 0.15) is 11.5 Å². The van der Waals surface area contributed by atoms with Crippen LogP contribution in [-0.4, -0.2) is 19.0 Å². The third-order valence-electron chi connectivity index (χ3n) is 3.29. The molecule has 0 spiro atoms. The minimum Gasteiger partial charge on any atom is -0.460 e. The Morgan fingerprint density at radius 2 is 1.77 bits per heavy atom. The highest BCUT2D eigenvalue weighted by Crippen LogP contribution is 2.21. The first-order valence-corrected chi connectivity index (χ1v) is 7.60. The lowest BCUT2D eigenvalue weighted by molar-refractivity contribution is -0.128. The monoisotopic (exact) mass is 300 g/mol. The van der Waals surface area contributed by atoms with Gasteiger partial charge in [0.2, 0.25) is 5.91 Å². The van der Waals surface area contributed by atoms with Crippen LogP contribution in [0.3, 0.4) is 0 Å². The van der Waals surface area contributed by atoms with Gasteiger partial charge in [-0.15, -0.1) is 0 Å². The van der Waals surface area contributed by atoms with Crippen LogP contribution in [0.4, 0.5) is 0 Å². The lowest BCUT2D eigenvalue weighted by Crippen LogP contribution is -2.38. The molecule has 1 heterocycles. The number of hydrogen-bond acceptors (Lipinski definition) is 3. The highest BCUT2D eigenvalue weighted by atomic mass is 16.3. The largest absolute Gasteiger partial charge is 0.460 e. The smallest absolute Gasteiger partial charge is 0.225 e. The number of nitrogens with one attached hydrogen (secondary N) is 2. The van der Waals surface area contributed by atoms with Gasteiger partial charge in [0.15, 0.2) is 0 Å². The summed E-state index contributed by atoms with van der Waals surface area (Å²) in [4.78, 5) is 11.7. The van der Waals surface area contributed by atoms with Gasteiger partial charge in [-0.1, -0.05) is 51.1 Å². The SMILES string of the molecule is CC(C)(C)C(=O)NCCNCc1ccc(-c2ccccc2)o1. The van der Waals surface area contributed by atoms with Crippen LogP contribution in [0.25, 0.3) is 11.3 Å². The minimum absolute atomic E-state index is 0.0682. The summed E-state index contributed by atoms with van der Waals surface area (Å²) in [6.07, 6.45) is 0. The fourth-order valence-corrected chi connectivity index (χ4v) is 1.97. The summed E-state index contributed by atoms with van der Waals surface area (Å²) in [6, 6.07) is 14.0. The van der Waals surface area contributed by atoms with Crippen LogP contribution in [-0.2, 0) is 11.3 Å². The van der Waals surface area contributed by atoms with Crippen LogP contribution in [0.2, 0.25) is 0 Å². The molecular weight excluding hydrogens is 276 g/mol. The van der Waals surface area contributed by atoms with Gasteiger partial charge in [0.25, 0.3) is 0 Å².